The van der Waals surface area contributed by atoms with E-state index < -0.39 is 0 Å². The Bertz CT molecular complexity index is 2680. The third-order valence-corrected chi connectivity index (χ3v) is 11.1. The Kier molecular flexibility index (Phi) is 7.06. The molecule has 8 aromatic rings. The SMILES string of the molecule is Cc1cccc2c1N1c3cc(-c4ccc(N(c5ccc(-c6ccccc6)cc5)c5ccc6ccccc6c5)cc4)ccc3C(C)(C)c3cccc(c31)O2. The molecule has 0 unspecified atom stereocenters. The van der Waals surface area contributed by atoms with E-state index >= 15 is 0 Å². The summed E-state index contributed by atoms with van der Waals surface area (Å²) >= 11 is 0. The first-order chi connectivity index (χ1) is 25.9. The monoisotopic (exact) mass is 682 g/mol. The van der Waals surface area contributed by atoms with Crippen molar-refractivity contribution < 1.29 is 4.74 Å². The van der Waals surface area contributed by atoms with Gasteiger partial charge >= 0.3 is 0 Å². The third kappa shape index (κ3) is 5.03. The Morgan fingerprint density at radius 3 is 1.77 bits per heavy atom. The maximum atomic E-state index is 6.54. The number of hydrogen-bond acceptors (Lipinski definition) is 3. The predicted octanol–water partition coefficient (Wildman–Crippen LogP) is 14.2. The van der Waals surface area contributed by atoms with E-state index in [9.17, 15) is 0 Å². The smallest absolute Gasteiger partial charge is 0.151 e. The van der Waals surface area contributed by atoms with Gasteiger partial charge in [-0.3, -0.25) is 0 Å². The van der Waals surface area contributed by atoms with Gasteiger partial charge in [-0.1, -0.05) is 135 Å². The van der Waals surface area contributed by atoms with Crippen molar-refractivity contribution in [2.45, 2.75) is 26.2 Å². The van der Waals surface area contributed by atoms with Crippen molar-refractivity contribution in [3.8, 4) is 33.8 Å². The minimum absolute atomic E-state index is 0.195. The van der Waals surface area contributed by atoms with Crippen LogP contribution in [0.1, 0.15) is 30.5 Å². The van der Waals surface area contributed by atoms with Crippen molar-refractivity contribution in [1.82, 2.24) is 0 Å². The molecule has 2 heterocycles. The number of nitrogens with zero attached hydrogens (tertiary/aromatic N) is 2. The average molecular weight is 683 g/mol. The van der Waals surface area contributed by atoms with E-state index in [1.165, 1.54) is 55.4 Å². The van der Waals surface area contributed by atoms with Crippen molar-refractivity contribution in [2.75, 3.05) is 9.80 Å². The van der Waals surface area contributed by atoms with Crippen molar-refractivity contribution in [2.24, 2.45) is 0 Å². The van der Waals surface area contributed by atoms with E-state index in [1.54, 1.807) is 0 Å². The maximum Gasteiger partial charge on any atom is 0.151 e. The highest BCUT2D eigenvalue weighted by Gasteiger charge is 2.42. The lowest BCUT2D eigenvalue weighted by Gasteiger charge is -2.45. The molecule has 0 saturated heterocycles. The molecule has 10 rings (SSSR count). The van der Waals surface area contributed by atoms with E-state index in [-0.39, 0.29) is 5.41 Å². The highest BCUT2D eigenvalue weighted by Crippen LogP contribution is 2.60. The molecular weight excluding hydrogens is 645 g/mol. The standard InChI is InChI=1S/C50H38N2O/c1-33-11-9-17-46-48(33)52-45-32-39(24-30-43(45)50(2,3)44-16-10-18-47(53-46)49(44)52)37-21-27-41(28-22-37)51(42-29-23-35-14-7-8-15-38(35)31-42)40-25-19-36(20-26-40)34-12-5-4-6-13-34/h4-32H,1-3H3. The first-order valence-corrected chi connectivity index (χ1v) is 18.3. The van der Waals surface area contributed by atoms with Crippen molar-refractivity contribution in [1.29, 1.82) is 0 Å². The summed E-state index contributed by atoms with van der Waals surface area (Å²) in [6, 6.07) is 63.5. The van der Waals surface area contributed by atoms with E-state index in [1.807, 2.05) is 0 Å². The number of anilines is 6. The first kappa shape index (κ1) is 31.2. The predicted molar refractivity (Wildman–Crippen MR) is 221 cm³/mol. The summed E-state index contributed by atoms with van der Waals surface area (Å²) in [5.74, 6) is 1.79. The third-order valence-electron chi connectivity index (χ3n) is 11.1. The zero-order chi connectivity index (χ0) is 35.7. The first-order valence-electron chi connectivity index (χ1n) is 18.3. The number of benzene rings is 8. The Morgan fingerprint density at radius 2 is 1.04 bits per heavy atom. The molecule has 254 valence electrons. The van der Waals surface area contributed by atoms with Crippen LogP contribution >= 0.6 is 0 Å². The van der Waals surface area contributed by atoms with E-state index in [2.05, 4.69) is 206 Å². The molecule has 0 spiro atoms. The molecule has 0 amide bonds. The van der Waals surface area contributed by atoms with Crippen LogP contribution in [-0.4, -0.2) is 0 Å². The number of ether oxygens (including phenoxy) is 1. The zero-order valence-corrected chi connectivity index (χ0v) is 30.0. The number of para-hydroxylation sites is 2. The van der Waals surface area contributed by atoms with Crippen LogP contribution in [0.2, 0.25) is 0 Å². The van der Waals surface area contributed by atoms with E-state index in [4.69, 9.17) is 4.74 Å². The normalized spacial score (nSPS) is 13.5. The molecular formula is C50H38N2O. The van der Waals surface area contributed by atoms with Crippen molar-refractivity contribution in [3.05, 3.63) is 193 Å². The summed E-state index contributed by atoms with van der Waals surface area (Å²) in [5.41, 5.74) is 15.1. The molecule has 0 aromatic heterocycles. The fourth-order valence-corrected chi connectivity index (χ4v) is 8.38. The van der Waals surface area contributed by atoms with Crippen LogP contribution in [0, 0.1) is 6.92 Å². The second kappa shape index (κ2) is 12.0. The quantitative estimate of drug-likeness (QED) is 0.180. The van der Waals surface area contributed by atoms with Crippen molar-refractivity contribution >= 4 is 44.9 Å². The van der Waals surface area contributed by atoms with Gasteiger partial charge in [0.2, 0.25) is 0 Å². The second-order valence-corrected chi connectivity index (χ2v) is 14.7. The Morgan fingerprint density at radius 1 is 0.453 bits per heavy atom. The van der Waals surface area contributed by atoms with Crippen LogP contribution in [0.15, 0.2) is 176 Å². The van der Waals surface area contributed by atoms with Gasteiger partial charge in [0.25, 0.3) is 0 Å². The molecule has 0 saturated carbocycles. The summed E-state index contributed by atoms with van der Waals surface area (Å²) in [7, 11) is 0. The molecule has 8 aromatic carbocycles. The summed E-state index contributed by atoms with van der Waals surface area (Å²) < 4.78 is 6.54. The topological polar surface area (TPSA) is 15.7 Å². The average Bonchev–Trinajstić information content (AvgIpc) is 3.20. The summed E-state index contributed by atoms with van der Waals surface area (Å²) in [6.07, 6.45) is 0. The molecule has 0 bridgehead atoms. The van der Waals surface area contributed by atoms with Gasteiger partial charge in [0.1, 0.15) is 0 Å². The van der Waals surface area contributed by atoms with Crippen LogP contribution in [-0.2, 0) is 5.41 Å². The van der Waals surface area contributed by atoms with Gasteiger partial charge < -0.3 is 14.5 Å². The number of rotatable bonds is 5. The molecule has 2 aliphatic rings. The number of aryl methyl sites for hydroxylation is 1. The van der Waals surface area contributed by atoms with Gasteiger partial charge in [-0.25, -0.2) is 0 Å². The van der Waals surface area contributed by atoms with Gasteiger partial charge in [-0.15, -0.1) is 0 Å². The summed E-state index contributed by atoms with van der Waals surface area (Å²) in [5, 5.41) is 2.45. The van der Waals surface area contributed by atoms with Gasteiger partial charge in [0.05, 0.1) is 17.1 Å². The molecule has 3 nitrogen and oxygen atoms in total. The molecule has 0 atom stereocenters. The summed E-state index contributed by atoms with van der Waals surface area (Å²) in [6.45, 7) is 6.83. The number of hydrogen-bond donors (Lipinski definition) is 0. The lowest BCUT2D eigenvalue weighted by Crippen LogP contribution is -2.32. The Labute approximate surface area is 311 Å². The minimum Gasteiger partial charge on any atom is -0.453 e. The number of fused-ring (bicyclic) bond motifs is 5. The maximum absolute atomic E-state index is 6.54. The Balaban J connectivity index is 1.07. The van der Waals surface area contributed by atoms with Crippen LogP contribution < -0.4 is 14.5 Å². The zero-order valence-electron chi connectivity index (χ0n) is 30.0. The van der Waals surface area contributed by atoms with Crippen LogP contribution in [0.5, 0.6) is 11.5 Å². The molecule has 0 radical (unpaired) electrons. The highest BCUT2D eigenvalue weighted by molar-refractivity contribution is 5.96. The molecule has 2 aliphatic heterocycles. The lowest BCUT2D eigenvalue weighted by molar-refractivity contribution is 0.471. The second-order valence-electron chi connectivity index (χ2n) is 14.7. The fraction of sp³-hybridized carbons (Fsp3) is 0.0800. The van der Waals surface area contributed by atoms with E-state index in [0.29, 0.717) is 0 Å². The minimum atomic E-state index is -0.195. The molecule has 53 heavy (non-hydrogen) atoms. The van der Waals surface area contributed by atoms with Gasteiger partial charge in [0.15, 0.2) is 11.5 Å². The van der Waals surface area contributed by atoms with Gasteiger partial charge in [0, 0.05) is 22.5 Å². The highest BCUT2D eigenvalue weighted by atomic mass is 16.5. The van der Waals surface area contributed by atoms with Crippen molar-refractivity contribution in [3.63, 3.8) is 0 Å². The van der Waals surface area contributed by atoms with E-state index in [0.717, 1.165) is 39.9 Å². The largest absolute Gasteiger partial charge is 0.453 e. The molecule has 3 heteroatoms. The Hall–Kier alpha value is -6.58. The molecule has 0 N–H and O–H groups in total. The molecule has 0 fully saturated rings. The van der Waals surface area contributed by atoms with Gasteiger partial charge in [-0.05, 0) is 111 Å². The van der Waals surface area contributed by atoms with Crippen LogP contribution in [0.25, 0.3) is 33.0 Å². The lowest BCUT2D eigenvalue weighted by atomic mass is 9.72. The van der Waals surface area contributed by atoms with Gasteiger partial charge in [-0.2, -0.15) is 0 Å². The van der Waals surface area contributed by atoms with Crippen LogP contribution in [0.4, 0.5) is 34.1 Å². The fourth-order valence-electron chi connectivity index (χ4n) is 8.38. The van der Waals surface area contributed by atoms with Crippen LogP contribution in [0.3, 0.4) is 0 Å². The molecule has 0 aliphatic carbocycles. The summed E-state index contributed by atoms with van der Waals surface area (Å²) in [4.78, 5) is 4.80.